The molecule has 12 heavy (non-hydrogen) atoms. The third-order valence-corrected chi connectivity index (χ3v) is 0.856. The van der Waals surface area contributed by atoms with Crippen LogP contribution in [0.3, 0.4) is 0 Å². The Hall–Kier alpha value is -2.14. The van der Waals surface area contributed by atoms with Gasteiger partial charge in [0, 0.05) is 0 Å². The van der Waals surface area contributed by atoms with E-state index in [1.165, 1.54) is 6.19 Å². The van der Waals surface area contributed by atoms with Gasteiger partial charge in [0.15, 0.2) is 5.84 Å². The van der Waals surface area contributed by atoms with Gasteiger partial charge in [-0.05, 0) is 0 Å². The molecule has 0 fully saturated rings. The lowest BCUT2D eigenvalue weighted by atomic mass is 10.5. The van der Waals surface area contributed by atoms with Crippen LogP contribution >= 0.6 is 0 Å². The number of amidine groups is 1. The highest BCUT2D eigenvalue weighted by Gasteiger charge is 2.20. The average Bonchev–Trinajstić information content (AvgIpc) is 2.05. The number of rotatable bonds is 2. The van der Waals surface area contributed by atoms with Crippen molar-refractivity contribution in [2.75, 3.05) is 0 Å². The third kappa shape index (κ3) is 1.93. The van der Waals surface area contributed by atoms with Crippen LogP contribution in [0.4, 0.5) is 0 Å². The molecule has 0 aromatic carbocycles. The summed E-state index contributed by atoms with van der Waals surface area (Å²) in [7, 11) is 0. The van der Waals surface area contributed by atoms with E-state index in [9.17, 15) is 9.59 Å². The molecule has 0 rings (SSSR count). The SMILES string of the molecule is N#CN(C(=O)C(=N)N)N(N)C=O. The average molecular weight is 170 g/mol. The number of nitrogens with two attached hydrogens (primary N) is 2. The first-order chi connectivity index (χ1) is 5.54. The van der Waals surface area contributed by atoms with Gasteiger partial charge < -0.3 is 5.73 Å². The maximum Gasteiger partial charge on any atom is 0.322 e. The fourth-order valence-electron chi connectivity index (χ4n) is 0.363. The van der Waals surface area contributed by atoms with Crippen molar-refractivity contribution in [2.24, 2.45) is 11.6 Å². The van der Waals surface area contributed by atoms with Gasteiger partial charge in [0.1, 0.15) is 0 Å². The van der Waals surface area contributed by atoms with Crippen molar-refractivity contribution in [1.29, 1.82) is 10.7 Å². The van der Waals surface area contributed by atoms with E-state index >= 15 is 0 Å². The molecule has 5 N–H and O–H groups in total. The van der Waals surface area contributed by atoms with E-state index in [4.69, 9.17) is 22.2 Å². The zero-order valence-corrected chi connectivity index (χ0v) is 5.89. The quantitative estimate of drug-likeness (QED) is 0.0612. The predicted octanol–water partition coefficient (Wildman–Crippen LogP) is -2.52. The van der Waals surface area contributed by atoms with Crippen molar-refractivity contribution in [3.8, 4) is 6.19 Å². The van der Waals surface area contributed by atoms with Gasteiger partial charge in [-0.25, -0.2) is 5.84 Å². The van der Waals surface area contributed by atoms with Crippen LogP contribution in [0.5, 0.6) is 0 Å². The Balaban J connectivity index is 4.59. The minimum atomic E-state index is -1.16. The Kier molecular flexibility index (Phi) is 3.20. The molecule has 0 heterocycles. The van der Waals surface area contributed by atoms with Crippen LogP contribution in [0.2, 0.25) is 0 Å². The first-order valence-electron chi connectivity index (χ1n) is 2.62. The molecule has 0 unspecified atom stereocenters. The summed E-state index contributed by atoms with van der Waals surface area (Å²) in [5, 5.41) is 15.2. The topological polar surface area (TPSA) is 140 Å². The molecule has 0 aliphatic carbocycles. The van der Waals surface area contributed by atoms with Crippen LogP contribution in [0.1, 0.15) is 0 Å². The smallest absolute Gasteiger partial charge is 0.322 e. The molecule has 2 amide bonds. The molecular formula is C4H6N6O2. The van der Waals surface area contributed by atoms with E-state index in [0.29, 0.717) is 0 Å². The Bertz CT molecular complexity index is 255. The highest BCUT2D eigenvalue weighted by atomic mass is 16.2. The van der Waals surface area contributed by atoms with Gasteiger partial charge >= 0.3 is 5.91 Å². The summed E-state index contributed by atoms with van der Waals surface area (Å²) in [6.45, 7) is 0. The number of amides is 2. The number of carbonyl (C=O) groups is 2. The number of hydrogen-bond donors (Lipinski definition) is 3. The number of nitrogens with zero attached hydrogens (tertiary/aromatic N) is 3. The summed E-state index contributed by atoms with van der Waals surface area (Å²) in [5.41, 5.74) is 4.75. The van der Waals surface area contributed by atoms with Gasteiger partial charge in [-0.2, -0.15) is 10.4 Å². The second-order valence-electron chi connectivity index (χ2n) is 1.62. The van der Waals surface area contributed by atoms with Crippen molar-refractivity contribution < 1.29 is 9.59 Å². The fraction of sp³-hybridized carbons (Fsp3) is 0. The van der Waals surface area contributed by atoms with Crippen molar-refractivity contribution in [1.82, 2.24) is 10.1 Å². The standard InChI is InChI=1S/C4H6N6O2/c5-1-9(10(8)2-11)4(12)3(6)7/h2H,8H2,(H3,6,7). The first kappa shape index (κ1) is 9.86. The van der Waals surface area contributed by atoms with Crippen LogP contribution in [-0.4, -0.2) is 28.3 Å². The van der Waals surface area contributed by atoms with E-state index in [2.05, 4.69) is 0 Å². The molecule has 0 saturated heterocycles. The lowest BCUT2D eigenvalue weighted by Crippen LogP contribution is -2.50. The van der Waals surface area contributed by atoms with Crippen molar-refractivity contribution >= 4 is 18.2 Å². The molecule has 0 saturated carbocycles. The largest absolute Gasteiger partial charge is 0.379 e. The number of hydrogen-bond acceptors (Lipinski definition) is 5. The normalized spacial score (nSPS) is 8.00. The van der Waals surface area contributed by atoms with Gasteiger partial charge in [0.2, 0.25) is 12.6 Å². The second kappa shape index (κ2) is 3.89. The number of hydrazine groups is 2. The second-order valence-corrected chi connectivity index (χ2v) is 1.62. The van der Waals surface area contributed by atoms with Crippen LogP contribution in [0.15, 0.2) is 0 Å². The van der Waals surface area contributed by atoms with Gasteiger partial charge in [0.05, 0.1) is 0 Å². The van der Waals surface area contributed by atoms with Crippen molar-refractivity contribution in [3.63, 3.8) is 0 Å². The van der Waals surface area contributed by atoms with E-state index < -0.39 is 11.7 Å². The van der Waals surface area contributed by atoms with Crippen molar-refractivity contribution in [2.45, 2.75) is 0 Å². The summed E-state index contributed by atoms with van der Waals surface area (Å²) >= 11 is 0. The maximum atomic E-state index is 10.7. The van der Waals surface area contributed by atoms with E-state index in [1.807, 2.05) is 0 Å². The van der Waals surface area contributed by atoms with E-state index in [-0.39, 0.29) is 16.5 Å². The molecule has 8 heteroatoms. The molecule has 0 aromatic heterocycles. The fourth-order valence-corrected chi connectivity index (χ4v) is 0.363. The van der Waals surface area contributed by atoms with E-state index in [1.54, 1.807) is 0 Å². The summed E-state index contributed by atoms with van der Waals surface area (Å²) in [6, 6.07) is 0. The van der Waals surface area contributed by atoms with Gasteiger partial charge in [-0.3, -0.25) is 15.0 Å². The van der Waals surface area contributed by atoms with Gasteiger partial charge in [0.25, 0.3) is 0 Å². The van der Waals surface area contributed by atoms with Crippen LogP contribution in [-0.2, 0) is 9.59 Å². The van der Waals surface area contributed by atoms with Gasteiger partial charge in [-0.1, -0.05) is 0 Å². The number of nitrogens with one attached hydrogen (secondary N) is 1. The first-order valence-corrected chi connectivity index (χ1v) is 2.62. The summed E-state index contributed by atoms with van der Waals surface area (Å²) in [6.07, 6.45) is 1.30. The minimum Gasteiger partial charge on any atom is -0.379 e. The Morgan fingerprint density at radius 3 is 2.42 bits per heavy atom. The Morgan fingerprint density at radius 2 is 2.17 bits per heavy atom. The predicted molar refractivity (Wildman–Crippen MR) is 36.5 cm³/mol. The molecule has 8 nitrogen and oxygen atoms in total. The summed E-state index contributed by atoms with van der Waals surface area (Å²) in [5.74, 6) is 2.82. The lowest BCUT2D eigenvalue weighted by Gasteiger charge is -2.18. The Labute approximate surface area is 67.4 Å². The minimum absolute atomic E-state index is 0.0318. The van der Waals surface area contributed by atoms with Crippen LogP contribution in [0.25, 0.3) is 0 Å². The summed E-state index contributed by atoms with van der Waals surface area (Å²) < 4.78 is 0. The molecule has 0 atom stereocenters. The Morgan fingerprint density at radius 1 is 1.67 bits per heavy atom. The summed E-state index contributed by atoms with van der Waals surface area (Å²) in [4.78, 5) is 20.7. The number of carbonyl (C=O) groups excluding carboxylic acids is 2. The molecule has 0 bridgehead atoms. The zero-order chi connectivity index (χ0) is 9.72. The van der Waals surface area contributed by atoms with Gasteiger partial charge in [-0.15, -0.1) is 5.01 Å². The lowest BCUT2D eigenvalue weighted by molar-refractivity contribution is -0.144. The molecule has 0 radical (unpaired) electrons. The molecule has 0 aromatic rings. The zero-order valence-electron chi connectivity index (χ0n) is 5.89. The molecule has 0 aliphatic rings. The highest BCUT2D eigenvalue weighted by Crippen LogP contribution is 1.87. The maximum absolute atomic E-state index is 10.7. The van der Waals surface area contributed by atoms with Crippen LogP contribution < -0.4 is 11.6 Å². The third-order valence-electron chi connectivity index (χ3n) is 0.856. The molecule has 0 aliphatic heterocycles. The monoisotopic (exact) mass is 170 g/mol. The van der Waals surface area contributed by atoms with E-state index in [0.717, 1.165) is 0 Å². The van der Waals surface area contributed by atoms with Crippen LogP contribution in [0, 0.1) is 16.9 Å². The van der Waals surface area contributed by atoms with Crippen molar-refractivity contribution in [3.05, 3.63) is 0 Å². The number of nitriles is 1. The highest BCUT2D eigenvalue weighted by molar-refractivity contribution is 6.36. The molecule has 0 spiro atoms. The molecular weight excluding hydrogens is 164 g/mol. The molecule has 64 valence electrons.